The molecule has 0 aromatic heterocycles. The second-order valence-corrected chi connectivity index (χ2v) is 5.10. The molecule has 4 heteroatoms. The largest absolute Gasteiger partial charge is 0.497 e. The van der Waals surface area contributed by atoms with Gasteiger partial charge in [0.15, 0.2) is 0 Å². The highest BCUT2D eigenvalue weighted by molar-refractivity contribution is 9.10. The minimum atomic E-state index is -0.309. The predicted octanol–water partition coefficient (Wildman–Crippen LogP) is 4.25. The van der Waals surface area contributed by atoms with Crippen LogP contribution in [0.4, 0.5) is 0 Å². The molecule has 0 atom stereocenters. The van der Waals surface area contributed by atoms with E-state index in [9.17, 15) is 10.1 Å². The number of methoxy groups -OCH3 is 1. The number of hydrogen-bond donors (Lipinski definition) is 0. The van der Waals surface area contributed by atoms with E-state index in [1.165, 1.54) is 0 Å². The van der Waals surface area contributed by atoms with Crippen LogP contribution >= 0.6 is 15.9 Å². The normalized spacial score (nSPS) is 10.8. The molecule has 0 aliphatic rings. The van der Waals surface area contributed by atoms with Crippen molar-refractivity contribution in [1.82, 2.24) is 0 Å². The van der Waals surface area contributed by atoms with Gasteiger partial charge in [-0.1, -0.05) is 34.1 Å². The Morgan fingerprint density at radius 2 is 1.86 bits per heavy atom. The average molecular weight is 342 g/mol. The van der Waals surface area contributed by atoms with Crippen molar-refractivity contribution in [3.63, 3.8) is 0 Å². The van der Waals surface area contributed by atoms with Gasteiger partial charge in [-0.3, -0.25) is 4.79 Å². The zero-order chi connectivity index (χ0) is 15.2. The second-order valence-electron chi connectivity index (χ2n) is 4.25. The number of nitrogens with zero attached hydrogens (tertiary/aromatic N) is 1. The van der Waals surface area contributed by atoms with Gasteiger partial charge in [0, 0.05) is 10.0 Å². The fraction of sp³-hybridized carbons (Fsp3) is 0.0588. The lowest BCUT2D eigenvalue weighted by molar-refractivity contribution is 0.104. The van der Waals surface area contributed by atoms with Crippen molar-refractivity contribution in [3.8, 4) is 11.8 Å². The molecule has 2 rings (SSSR count). The van der Waals surface area contributed by atoms with Crippen LogP contribution in [-0.4, -0.2) is 12.9 Å². The van der Waals surface area contributed by atoms with E-state index in [1.807, 2.05) is 30.3 Å². The SMILES string of the molecule is COc1ccc(C(=O)/C(C#N)=C/c2ccccc2Br)cc1. The third-order valence-corrected chi connectivity index (χ3v) is 3.64. The Labute approximate surface area is 131 Å². The number of rotatable bonds is 4. The number of allylic oxidation sites excluding steroid dienone is 1. The van der Waals surface area contributed by atoms with Crippen LogP contribution in [0.15, 0.2) is 58.6 Å². The summed E-state index contributed by atoms with van der Waals surface area (Å²) in [6.07, 6.45) is 1.58. The van der Waals surface area contributed by atoms with E-state index in [4.69, 9.17) is 4.74 Å². The van der Waals surface area contributed by atoms with Crippen molar-refractivity contribution in [3.05, 3.63) is 69.7 Å². The predicted molar refractivity (Wildman–Crippen MR) is 85.1 cm³/mol. The van der Waals surface area contributed by atoms with Gasteiger partial charge in [-0.2, -0.15) is 5.26 Å². The highest BCUT2D eigenvalue weighted by Gasteiger charge is 2.12. The summed E-state index contributed by atoms with van der Waals surface area (Å²) in [5, 5.41) is 9.23. The summed E-state index contributed by atoms with van der Waals surface area (Å²) >= 11 is 3.40. The van der Waals surface area contributed by atoms with E-state index in [1.54, 1.807) is 37.5 Å². The molecule has 0 heterocycles. The number of carbonyl (C=O) groups is 1. The number of nitriles is 1. The number of ether oxygens (including phenoxy) is 1. The maximum Gasteiger partial charge on any atom is 0.203 e. The van der Waals surface area contributed by atoms with Gasteiger partial charge in [0.2, 0.25) is 5.78 Å². The number of benzene rings is 2. The summed E-state index contributed by atoms with van der Waals surface area (Å²) < 4.78 is 5.88. The van der Waals surface area contributed by atoms with Crippen molar-refractivity contribution < 1.29 is 9.53 Å². The van der Waals surface area contributed by atoms with Gasteiger partial charge in [-0.05, 0) is 42.0 Å². The molecule has 0 amide bonds. The number of halogens is 1. The van der Waals surface area contributed by atoms with Crippen LogP contribution in [0, 0.1) is 11.3 Å². The third-order valence-electron chi connectivity index (χ3n) is 2.92. The minimum Gasteiger partial charge on any atom is -0.497 e. The van der Waals surface area contributed by atoms with Crippen LogP contribution in [0.2, 0.25) is 0 Å². The van der Waals surface area contributed by atoms with Crippen LogP contribution in [0.5, 0.6) is 5.75 Å². The molecule has 2 aromatic rings. The molecule has 21 heavy (non-hydrogen) atoms. The van der Waals surface area contributed by atoms with Gasteiger partial charge in [-0.25, -0.2) is 0 Å². The maximum absolute atomic E-state index is 12.3. The summed E-state index contributed by atoms with van der Waals surface area (Å²) in [6.45, 7) is 0. The van der Waals surface area contributed by atoms with Crippen molar-refractivity contribution in [2.45, 2.75) is 0 Å². The summed E-state index contributed by atoms with van der Waals surface area (Å²) in [4.78, 5) is 12.3. The number of ketones is 1. The quantitative estimate of drug-likeness (QED) is 0.474. The first kappa shape index (κ1) is 15.0. The van der Waals surface area contributed by atoms with Gasteiger partial charge < -0.3 is 4.74 Å². The molecule has 0 spiro atoms. The van der Waals surface area contributed by atoms with Crippen molar-refractivity contribution in [2.75, 3.05) is 7.11 Å². The molecule has 2 aromatic carbocycles. The lowest BCUT2D eigenvalue weighted by atomic mass is 10.0. The monoisotopic (exact) mass is 341 g/mol. The second kappa shape index (κ2) is 6.87. The van der Waals surface area contributed by atoms with Crippen molar-refractivity contribution in [2.24, 2.45) is 0 Å². The van der Waals surface area contributed by atoms with Gasteiger partial charge in [0.05, 0.1) is 7.11 Å². The van der Waals surface area contributed by atoms with Crippen LogP contribution in [0.25, 0.3) is 6.08 Å². The molecule has 0 fully saturated rings. The lowest BCUT2D eigenvalue weighted by Crippen LogP contribution is -2.02. The molecule has 0 N–H and O–H groups in total. The highest BCUT2D eigenvalue weighted by Crippen LogP contribution is 2.21. The van der Waals surface area contributed by atoms with Crippen molar-refractivity contribution >= 4 is 27.8 Å². The van der Waals surface area contributed by atoms with Gasteiger partial charge in [0.1, 0.15) is 17.4 Å². The highest BCUT2D eigenvalue weighted by atomic mass is 79.9. The van der Waals surface area contributed by atoms with Crippen LogP contribution in [0.3, 0.4) is 0 Å². The summed E-state index contributed by atoms with van der Waals surface area (Å²) in [6, 6.07) is 16.1. The maximum atomic E-state index is 12.3. The molecular formula is C17H12BrNO2. The zero-order valence-corrected chi connectivity index (χ0v) is 12.9. The van der Waals surface area contributed by atoms with E-state index in [0.29, 0.717) is 11.3 Å². The number of hydrogen-bond acceptors (Lipinski definition) is 3. The van der Waals surface area contributed by atoms with Gasteiger partial charge >= 0.3 is 0 Å². The molecule has 0 aliphatic heterocycles. The first-order valence-electron chi connectivity index (χ1n) is 6.21. The molecule has 3 nitrogen and oxygen atoms in total. The average Bonchev–Trinajstić information content (AvgIpc) is 2.53. The van der Waals surface area contributed by atoms with E-state index < -0.39 is 0 Å². The first-order valence-corrected chi connectivity index (χ1v) is 7.00. The molecule has 0 unspecified atom stereocenters. The molecule has 104 valence electrons. The molecule has 0 radical (unpaired) electrons. The van der Waals surface area contributed by atoms with Gasteiger partial charge in [-0.15, -0.1) is 0 Å². The third kappa shape index (κ3) is 3.59. The Morgan fingerprint density at radius 3 is 2.43 bits per heavy atom. The summed E-state index contributed by atoms with van der Waals surface area (Å²) in [5.41, 5.74) is 1.33. The fourth-order valence-corrected chi connectivity index (χ4v) is 2.19. The molecule has 0 saturated heterocycles. The van der Waals surface area contributed by atoms with E-state index in [0.717, 1.165) is 10.0 Å². The van der Waals surface area contributed by atoms with Crippen LogP contribution < -0.4 is 4.74 Å². The van der Waals surface area contributed by atoms with E-state index >= 15 is 0 Å². The standard InChI is InChI=1S/C17H12BrNO2/c1-21-15-8-6-12(7-9-15)17(20)14(11-19)10-13-4-2-3-5-16(13)18/h2-10H,1H3/b14-10+. The molecule has 0 bridgehead atoms. The fourth-order valence-electron chi connectivity index (χ4n) is 1.79. The topological polar surface area (TPSA) is 50.1 Å². The van der Waals surface area contributed by atoms with Crippen LogP contribution in [0.1, 0.15) is 15.9 Å². The van der Waals surface area contributed by atoms with Crippen LogP contribution in [-0.2, 0) is 0 Å². The van der Waals surface area contributed by atoms with Crippen molar-refractivity contribution in [1.29, 1.82) is 5.26 Å². The summed E-state index contributed by atoms with van der Waals surface area (Å²) in [7, 11) is 1.56. The minimum absolute atomic E-state index is 0.0899. The number of carbonyl (C=O) groups excluding carboxylic acids is 1. The van der Waals surface area contributed by atoms with E-state index in [-0.39, 0.29) is 11.4 Å². The smallest absolute Gasteiger partial charge is 0.203 e. The zero-order valence-electron chi connectivity index (χ0n) is 11.3. The Morgan fingerprint density at radius 1 is 1.19 bits per heavy atom. The van der Waals surface area contributed by atoms with Gasteiger partial charge in [0.25, 0.3) is 0 Å². The Hall–Kier alpha value is -2.38. The summed E-state index contributed by atoms with van der Waals surface area (Å²) in [5.74, 6) is 0.357. The number of Topliss-reactive ketones (excluding diaryl/α,β-unsaturated/α-hetero) is 1. The molecule has 0 saturated carbocycles. The molecule has 0 aliphatic carbocycles. The van der Waals surface area contributed by atoms with E-state index in [2.05, 4.69) is 15.9 Å². The lowest BCUT2D eigenvalue weighted by Gasteiger charge is -2.03. The Kier molecular flexibility index (Phi) is 4.91. The molecular weight excluding hydrogens is 330 g/mol. The first-order chi connectivity index (χ1) is 10.2. The Bertz CT molecular complexity index is 727. The Balaban J connectivity index is 2.35.